The molecule has 0 amide bonds. The molecule has 4 N–H and O–H groups in total. The van der Waals surface area contributed by atoms with Crippen LogP contribution in [0, 0.1) is 11.7 Å². The van der Waals surface area contributed by atoms with Crippen molar-refractivity contribution < 1.29 is 9.13 Å². The van der Waals surface area contributed by atoms with Crippen molar-refractivity contribution in [3.05, 3.63) is 54.1 Å². The van der Waals surface area contributed by atoms with Crippen LogP contribution >= 0.6 is 0 Å². The number of anilines is 4. The summed E-state index contributed by atoms with van der Waals surface area (Å²) in [5.41, 5.74) is 10.2. The van der Waals surface area contributed by atoms with Gasteiger partial charge in [-0.3, -0.25) is 4.99 Å². The molecule has 0 aliphatic carbocycles. The highest BCUT2D eigenvalue weighted by atomic mass is 19.1. The number of pyridine rings is 1. The number of nitrogens with zero attached hydrogens (tertiary/aromatic N) is 5. The fourth-order valence-corrected chi connectivity index (χ4v) is 4.81. The largest absolute Gasteiger partial charge is 0.398 e. The third kappa shape index (κ3) is 4.87. The van der Waals surface area contributed by atoms with E-state index in [0.717, 1.165) is 49.4 Å². The van der Waals surface area contributed by atoms with Crippen molar-refractivity contribution in [1.82, 2.24) is 20.3 Å². The minimum absolute atomic E-state index is 0.169. The van der Waals surface area contributed by atoms with Gasteiger partial charge in [-0.05, 0) is 30.2 Å². The summed E-state index contributed by atoms with van der Waals surface area (Å²) in [6.07, 6.45) is 3.18. The number of hydrogen-bond donors (Lipinski definition) is 3. The molecule has 0 bridgehead atoms. The second-order valence-corrected chi connectivity index (χ2v) is 9.36. The Morgan fingerprint density at radius 3 is 2.81 bits per heavy atom. The Morgan fingerprint density at radius 1 is 1.22 bits per heavy atom. The number of nitrogen functional groups attached to an aromatic ring is 1. The first kappa shape index (κ1) is 24.1. The lowest BCUT2D eigenvalue weighted by molar-refractivity contribution is 0.0212. The summed E-state index contributed by atoms with van der Waals surface area (Å²) in [4.78, 5) is 19.7. The van der Waals surface area contributed by atoms with E-state index < -0.39 is 5.82 Å². The Balaban J connectivity index is 1.34. The van der Waals surface area contributed by atoms with E-state index in [-0.39, 0.29) is 23.7 Å². The molecule has 0 spiro atoms. The summed E-state index contributed by atoms with van der Waals surface area (Å²) >= 11 is 0. The Labute approximate surface area is 210 Å². The van der Waals surface area contributed by atoms with Crippen LogP contribution in [0.1, 0.15) is 19.4 Å². The molecule has 1 aromatic carbocycles. The monoisotopic (exact) mass is 490 g/mol. The van der Waals surface area contributed by atoms with Crippen LogP contribution in [0.3, 0.4) is 0 Å². The van der Waals surface area contributed by atoms with Gasteiger partial charge in [-0.15, -0.1) is 0 Å². The maximum Gasteiger partial charge on any atom is 0.229 e. The average molecular weight is 491 g/mol. The van der Waals surface area contributed by atoms with Crippen LogP contribution in [0.25, 0.3) is 11.3 Å². The van der Waals surface area contributed by atoms with Gasteiger partial charge in [-0.25, -0.2) is 19.3 Å². The van der Waals surface area contributed by atoms with E-state index in [9.17, 15) is 4.39 Å². The van der Waals surface area contributed by atoms with E-state index in [1.54, 1.807) is 19.2 Å². The molecule has 2 saturated heterocycles. The molecular formula is C26H31FN8O. The first-order valence-corrected chi connectivity index (χ1v) is 12.2. The molecule has 9 nitrogen and oxygen atoms in total. The van der Waals surface area contributed by atoms with E-state index in [0.29, 0.717) is 23.1 Å². The fraction of sp³-hybridized carbons (Fsp3) is 0.385. The summed E-state index contributed by atoms with van der Waals surface area (Å²) in [5, 5.41) is 6.59. The topological polar surface area (TPSA) is 114 Å². The molecule has 5 rings (SSSR count). The quantitative estimate of drug-likeness (QED) is 0.357. The molecule has 2 atom stereocenters. The third-order valence-electron chi connectivity index (χ3n) is 6.59. The van der Waals surface area contributed by atoms with Gasteiger partial charge in [0.25, 0.3) is 0 Å². The van der Waals surface area contributed by atoms with Gasteiger partial charge in [-0.2, -0.15) is 0 Å². The fourth-order valence-electron chi connectivity index (χ4n) is 4.81. The number of benzene rings is 1. The lowest BCUT2D eigenvalue weighted by Crippen LogP contribution is -2.47. The highest BCUT2D eigenvalue weighted by Gasteiger charge is 2.35. The number of halogens is 1. The number of ether oxygens (including phenoxy) is 1. The van der Waals surface area contributed by atoms with Gasteiger partial charge in [0.05, 0.1) is 36.8 Å². The summed E-state index contributed by atoms with van der Waals surface area (Å²) in [7, 11) is 1.73. The van der Waals surface area contributed by atoms with Crippen molar-refractivity contribution in [2.75, 3.05) is 49.2 Å². The summed E-state index contributed by atoms with van der Waals surface area (Å²) in [5.74, 6) is 0.469. The predicted octanol–water partition coefficient (Wildman–Crippen LogP) is 3.26. The molecule has 2 aliphatic heterocycles. The first-order chi connectivity index (χ1) is 17.4. The smallest absolute Gasteiger partial charge is 0.229 e. The van der Waals surface area contributed by atoms with Gasteiger partial charge in [0.2, 0.25) is 5.95 Å². The van der Waals surface area contributed by atoms with Gasteiger partial charge in [0, 0.05) is 49.2 Å². The lowest BCUT2D eigenvalue weighted by Gasteiger charge is -2.25. The van der Waals surface area contributed by atoms with Crippen molar-refractivity contribution >= 4 is 28.9 Å². The first-order valence-electron chi connectivity index (χ1n) is 12.2. The van der Waals surface area contributed by atoms with Crippen LogP contribution in [0.2, 0.25) is 0 Å². The van der Waals surface area contributed by atoms with Crippen LogP contribution in [0.15, 0.2) is 47.7 Å². The SMILES string of the molecule is CN=C(c1cc(-c2nc(Nc3ccc(N4CC5NCCOC5C4)cn3)ncc2F)ccc1N)C(C)C. The number of nitrogens with two attached hydrogens (primary N) is 1. The molecule has 10 heteroatoms. The molecule has 2 unspecified atom stereocenters. The van der Waals surface area contributed by atoms with Gasteiger partial charge < -0.3 is 26.0 Å². The summed E-state index contributed by atoms with van der Waals surface area (Å²) in [6.45, 7) is 7.44. The number of aliphatic imine (C=N–C) groups is 1. The summed E-state index contributed by atoms with van der Waals surface area (Å²) in [6, 6.07) is 9.54. The van der Waals surface area contributed by atoms with E-state index in [1.807, 2.05) is 38.2 Å². The Morgan fingerprint density at radius 2 is 2.08 bits per heavy atom. The van der Waals surface area contributed by atoms with Crippen LogP contribution in [-0.2, 0) is 4.74 Å². The van der Waals surface area contributed by atoms with E-state index >= 15 is 0 Å². The number of fused-ring (bicyclic) bond motifs is 1. The second-order valence-electron chi connectivity index (χ2n) is 9.36. The van der Waals surface area contributed by atoms with Crippen molar-refractivity contribution in [2.45, 2.75) is 26.0 Å². The van der Waals surface area contributed by atoms with Crippen molar-refractivity contribution in [3.63, 3.8) is 0 Å². The lowest BCUT2D eigenvalue weighted by atomic mass is 9.95. The van der Waals surface area contributed by atoms with Crippen LogP contribution < -0.4 is 21.3 Å². The maximum atomic E-state index is 14.8. The molecule has 0 saturated carbocycles. The minimum Gasteiger partial charge on any atom is -0.398 e. The normalized spacial score (nSPS) is 20.0. The molecule has 2 fully saturated rings. The average Bonchev–Trinajstić information content (AvgIpc) is 3.31. The van der Waals surface area contributed by atoms with Crippen LogP contribution in [0.5, 0.6) is 0 Å². The molecule has 2 aliphatic rings. The number of nitrogens with one attached hydrogen (secondary N) is 2. The minimum atomic E-state index is -0.523. The molecule has 36 heavy (non-hydrogen) atoms. The van der Waals surface area contributed by atoms with Gasteiger partial charge >= 0.3 is 0 Å². The van der Waals surface area contributed by atoms with Crippen LogP contribution in [-0.4, -0.2) is 66.1 Å². The maximum absolute atomic E-state index is 14.8. The Kier molecular flexibility index (Phi) is 6.80. The molecule has 2 aromatic heterocycles. The highest BCUT2D eigenvalue weighted by molar-refractivity contribution is 6.06. The number of aromatic nitrogens is 3. The van der Waals surface area contributed by atoms with Crippen molar-refractivity contribution in [3.8, 4) is 11.3 Å². The van der Waals surface area contributed by atoms with Gasteiger partial charge in [0.1, 0.15) is 11.5 Å². The van der Waals surface area contributed by atoms with Crippen LogP contribution in [0.4, 0.5) is 27.5 Å². The van der Waals surface area contributed by atoms with Crippen molar-refractivity contribution in [2.24, 2.45) is 10.9 Å². The summed E-state index contributed by atoms with van der Waals surface area (Å²) < 4.78 is 20.6. The zero-order valence-electron chi connectivity index (χ0n) is 20.7. The number of rotatable bonds is 6. The molecule has 4 heterocycles. The Hall–Kier alpha value is -3.63. The molecule has 188 valence electrons. The van der Waals surface area contributed by atoms with Crippen molar-refractivity contribution in [1.29, 1.82) is 0 Å². The predicted molar refractivity (Wildman–Crippen MR) is 140 cm³/mol. The third-order valence-corrected chi connectivity index (χ3v) is 6.59. The number of morpholine rings is 1. The molecule has 0 radical (unpaired) electrons. The van der Waals surface area contributed by atoms with E-state index in [4.69, 9.17) is 10.5 Å². The zero-order chi connectivity index (χ0) is 25.2. The number of hydrogen-bond acceptors (Lipinski definition) is 9. The highest BCUT2D eigenvalue weighted by Crippen LogP contribution is 2.28. The van der Waals surface area contributed by atoms with Gasteiger partial charge in [-0.1, -0.05) is 19.9 Å². The molecular weight excluding hydrogens is 459 g/mol. The second kappa shape index (κ2) is 10.2. The molecule has 3 aromatic rings. The standard InChI is InChI=1S/C26H31FN8O/c1-15(2)24(29-3)18-10-16(4-6-20(18)28)25-19(27)12-32-26(34-25)33-23-7-5-17(11-31-23)35-13-21-22(14-35)36-9-8-30-21/h4-7,10-12,15,21-22,30H,8-9,13-14,28H2,1-3H3,(H,31,32,33,34). The van der Waals surface area contributed by atoms with Gasteiger partial charge in [0.15, 0.2) is 5.82 Å². The Bertz CT molecular complexity index is 1250. The zero-order valence-corrected chi connectivity index (χ0v) is 20.7. The van der Waals surface area contributed by atoms with E-state index in [2.05, 4.69) is 35.5 Å². The van der Waals surface area contributed by atoms with E-state index in [1.165, 1.54) is 0 Å².